The summed E-state index contributed by atoms with van der Waals surface area (Å²) in [6, 6.07) is 8.48. The van der Waals surface area contributed by atoms with Crippen molar-refractivity contribution < 1.29 is 0 Å². The van der Waals surface area contributed by atoms with Crippen molar-refractivity contribution in [1.29, 1.82) is 0 Å². The molecular weight excluding hydrogens is 306 g/mol. The SMILES string of the molecule is Cn1ncc(NCC2Cc3ccccc32)c(Br)c1=O. The fourth-order valence-electron chi connectivity index (χ4n) is 2.41. The number of hydrogen-bond acceptors (Lipinski definition) is 3. The summed E-state index contributed by atoms with van der Waals surface area (Å²) in [4.78, 5) is 11.7. The van der Waals surface area contributed by atoms with Crippen LogP contribution >= 0.6 is 15.9 Å². The fraction of sp³-hybridized carbons (Fsp3) is 0.286. The summed E-state index contributed by atoms with van der Waals surface area (Å²) < 4.78 is 1.85. The highest BCUT2D eigenvalue weighted by molar-refractivity contribution is 9.10. The van der Waals surface area contributed by atoms with Crippen molar-refractivity contribution in [3.8, 4) is 0 Å². The van der Waals surface area contributed by atoms with E-state index >= 15 is 0 Å². The Labute approximate surface area is 119 Å². The Morgan fingerprint density at radius 1 is 1.47 bits per heavy atom. The molecule has 0 fully saturated rings. The standard InChI is InChI=1S/C14H14BrN3O/c1-18-14(19)13(15)12(8-17-18)16-7-10-6-9-4-2-3-5-11(9)10/h2-5,8,10,16H,6-7H2,1H3. The number of aromatic nitrogens is 2. The maximum atomic E-state index is 11.7. The van der Waals surface area contributed by atoms with Gasteiger partial charge in [-0.15, -0.1) is 0 Å². The minimum Gasteiger partial charge on any atom is -0.382 e. The second-order valence-electron chi connectivity index (χ2n) is 4.78. The van der Waals surface area contributed by atoms with Gasteiger partial charge in [0.1, 0.15) is 4.47 Å². The third-order valence-electron chi connectivity index (χ3n) is 3.58. The lowest BCUT2D eigenvalue weighted by Crippen LogP contribution is -2.26. The third-order valence-corrected chi connectivity index (χ3v) is 4.34. The molecule has 1 atom stereocenters. The molecule has 5 heteroatoms. The Morgan fingerprint density at radius 3 is 3.05 bits per heavy atom. The smallest absolute Gasteiger partial charge is 0.282 e. The fourth-order valence-corrected chi connectivity index (χ4v) is 2.91. The van der Waals surface area contributed by atoms with E-state index in [1.165, 1.54) is 15.8 Å². The van der Waals surface area contributed by atoms with Gasteiger partial charge in [-0.25, -0.2) is 4.68 Å². The highest BCUT2D eigenvalue weighted by Crippen LogP contribution is 2.34. The van der Waals surface area contributed by atoms with Gasteiger partial charge in [0.15, 0.2) is 0 Å². The molecule has 1 N–H and O–H groups in total. The predicted octanol–water partition coefficient (Wildman–Crippen LogP) is 2.29. The van der Waals surface area contributed by atoms with E-state index in [2.05, 4.69) is 50.6 Å². The summed E-state index contributed by atoms with van der Waals surface area (Å²) in [5, 5.41) is 7.32. The minimum absolute atomic E-state index is 0.126. The summed E-state index contributed by atoms with van der Waals surface area (Å²) in [5.74, 6) is 0.521. The zero-order valence-corrected chi connectivity index (χ0v) is 12.1. The van der Waals surface area contributed by atoms with Crippen LogP contribution in [-0.2, 0) is 13.5 Å². The van der Waals surface area contributed by atoms with Gasteiger partial charge in [-0.05, 0) is 33.5 Å². The molecule has 0 radical (unpaired) electrons. The Bertz CT molecular complexity index is 681. The van der Waals surface area contributed by atoms with Crippen LogP contribution in [0.2, 0.25) is 0 Å². The molecule has 2 aromatic rings. The average Bonchev–Trinajstić information content (AvgIpc) is 2.39. The van der Waals surface area contributed by atoms with Gasteiger partial charge in [-0.3, -0.25) is 4.79 Å². The first-order valence-corrected chi connectivity index (χ1v) is 6.99. The number of rotatable bonds is 3. The number of hydrogen-bond donors (Lipinski definition) is 1. The molecule has 1 unspecified atom stereocenters. The van der Waals surface area contributed by atoms with Gasteiger partial charge >= 0.3 is 0 Å². The van der Waals surface area contributed by atoms with E-state index in [0.717, 1.165) is 18.7 Å². The number of halogens is 1. The maximum absolute atomic E-state index is 11.7. The summed E-state index contributed by atoms with van der Waals surface area (Å²) in [7, 11) is 1.64. The Hall–Kier alpha value is -1.62. The minimum atomic E-state index is -0.126. The summed E-state index contributed by atoms with van der Waals surface area (Å²) in [5.41, 5.74) is 3.46. The van der Waals surface area contributed by atoms with E-state index in [0.29, 0.717) is 10.4 Å². The largest absolute Gasteiger partial charge is 0.382 e. The lowest BCUT2D eigenvalue weighted by Gasteiger charge is -2.30. The van der Waals surface area contributed by atoms with E-state index in [4.69, 9.17) is 0 Å². The molecule has 3 rings (SSSR count). The van der Waals surface area contributed by atoms with Crippen molar-refractivity contribution in [1.82, 2.24) is 9.78 Å². The molecule has 0 saturated heterocycles. The van der Waals surface area contributed by atoms with E-state index in [9.17, 15) is 4.79 Å². The van der Waals surface area contributed by atoms with E-state index in [-0.39, 0.29) is 5.56 Å². The lowest BCUT2D eigenvalue weighted by atomic mass is 9.77. The third kappa shape index (κ3) is 2.18. The Kier molecular flexibility index (Phi) is 3.14. The molecule has 4 nitrogen and oxygen atoms in total. The number of fused-ring (bicyclic) bond motifs is 1. The molecule has 1 aliphatic carbocycles. The van der Waals surface area contributed by atoms with E-state index in [1.54, 1.807) is 13.2 Å². The van der Waals surface area contributed by atoms with Crippen molar-refractivity contribution in [2.45, 2.75) is 12.3 Å². The molecule has 0 aliphatic heterocycles. The Balaban J connectivity index is 1.72. The van der Waals surface area contributed by atoms with Crippen molar-refractivity contribution >= 4 is 21.6 Å². The van der Waals surface area contributed by atoms with Gasteiger partial charge in [-0.1, -0.05) is 24.3 Å². The molecule has 0 bridgehead atoms. The topological polar surface area (TPSA) is 46.9 Å². The van der Waals surface area contributed by atoms with E-state index in [1.807, 2.05) is 0 Å². The van der Waals surface area contributed by atoms with Crippen LogP contribution in [-0.4, -0.2) is 16.3 Å². The van der Waals surface area contributed by atoms with Crippen LogP contribution in [0, 0.1) is 0 Å². The quantitative estimate of drug-likeness (QED) is 0.944. The number of anilines is 1. The van der Waals surface area contributed by atoms with Crippen LogP contribution in [0.4, 0.5) is 5.69 Å². The zero-order valence-electron chi connectivity index (χ0n) is 10.6. The van der Waals surface area contributed by atoms with Crippen LogP contribution in [0.3, 0.4) is 0 Å². The number of nitrogens with one attached hydrogen (secondary N) is 1. The molecule has 0 saturated carbocycles. The predicted molar refractivity (Wildman–Crippen MR) is 78.6 cm³/mol. The number of nitrogens with zero attached hydrogens (tertiary/aromatic N) is 2. The van der Waals surface area contributed by atoms with E-state index < -0.39 is 0 Å². The first-order valence-electron chi connectivity index (χ1n) is 6.20. The highest BCUT2D eigenvalue weighted by atomic mass is 79.9. The van der Waals surface area contributed by atoms with Gasteiger partial charge in [0.05, 0.1) is 11.9 Å². The van der Waals surface area contributed by atoms with Crippen molar-refractivity contribution in [2.75, 3.05) is 11.9 Å². The van der Waals surface area contributed by atoms with Crippen molar-refractivity contribution in [2.24, 2.45) is 7.05 Å². The van der Waals surface area contributed by atoms with Crippen molar-refractivity contribution in [3.63, 3.8) is 0 Å². The zero-order chi connectivity index (χ0) is 13.4. The monoisotopic (exact) mass is 319 g/mol. The molecule has 19 heavy (non-hydrogen) atoms. The van der Waals surface area contributed by atoms with Gasteiger partial charge in [0.2, 0.25) is 0 Å². The molecule has 1 heterocycles. The van der Waals surface area contributed by atoms with Gasteiger partial charge in [0.25, 0.3) is 5.56 Å². The average molecular weight is 320 g/mol. The summed E-state index contributed by atoms with van der Waals surface area (Å²) in [6.45, 7) is 0.824. The van der Waals surface area contributed by atoms with Crippen LogP contribution < -0.4 is 10.9 Å². The summed E-state index contributed by atoms with van der Waals surface area (Å²) >= 11 is 3.32. The van der Waals surface area contributed by atoms with Crippen molar-refractivity contribution in [3.05, 3.63) is 56.4 Å². The first-order chi connectivity index (χ1) is 9.16. The van der Waals surface area contributed by atoms with Crippen LogP contribution in [0.5, 0.6) is 0 Å². The highest BCUT2D eigenvalue weighted by Gasteiger charge is 2.25. The van der Waals surface area contributed by atoms with Gasteiger partial charge < -0.3 is 5.32 Å². The van der Waals surface area contributed by atoms with Gasteiger partial charge in [-0.2, -0.15) is 5.10 Å². The van der Waals surface area contributed by atoms with Crippen LogP contribution in [0.1, 0.15) is 17.0 Å². The number of aryl methyl sites for hydroxylation is 1. The molecular formula is C14H14BrN3O. The molecule has 0 amide bonds. The lowest BCUT2D eigenvalue weighted by molar-refractivity contribution is 0.633. The second-order valence-corrected chi connectivity index (χ2v) is 5.57. The second kappa shape index (κ2) is 4.81. The van der Waals surface area contributed by atoms with Crippen LogP contribution in [0.25, 0.3) is 0 Å². The van der Waals surface area contributed by atoms with Gasteiger partial charge in [0, 0.05) is 19.5 Å². The molecule has 1 aliphatic rings. The van der Waals surface area contributed by atoms with Crippen LogP contribution in [0.15, 0.2) is 39.7 Å². The maximum Gasteiger partial charge on any atom is 0.282 e. The molecule has 0 spiro atoms. The molecule has 1 aromatic carbocycles. The summed E-state index contributed by atoms with van der Waals surface area (Å²) in [6.07, 6.45) is 2.77. The molecule has 98 valence electrons. The number of benzene rings is 1. The molecule has 1 aromatic heterocycles. The first kappa shape index (κ1) is 12.4. The Morgan fingerprint density at radius 2 is 2.26 bits per heavy atom. The normalized spacial score (nSPS) is 16.6.